The van der Waals surface area contributed by atoms with Gasteiger partial charge in [-0.15, -0.1) is 0 Å². The summed E-state index contributed by atoms with van der Waals surface area (Å²) in [4.78, 5) is 25.0. The van der Waals surface area contributed by atoms with Gasteiger partial charge in [0, 0.05) is 23.7 Å². The van der Waals surface area contributed by atoms with Crippen LogP contribution in [0.3, 0.4) is 0 Å². The number of phenols is 1. The number of amides is 1. The van der Waals surface area contributed by atoms with Gasteiger partial charge in [0.2, 0.25) is 0 Å². The maximum atomic E-state index is 13.2. The van der Waals surface area contributed by atoms with Crippen LogP contribution in [-0.2, 0) is 4.74 Å². The predicted molar refractivity (Wildman–Crippen MR) is 109 cm³/mol. The number of carbonyl (C=O) groups is 1. The number of nitrogens with zero attached hydrogens (tertiary/aromatic N) is 1. The van der Waals surface area contributed by atoms with Crippen LogP contribution in [0.15, 0.2) is 23.0 Å². The molecule has 2 radical (unpaired) electrons. The number of thiol groups is 1. The van der Waals surface area contributed by atoms with Crippen molar-refractivity contribution in [2.45, 2.75) is 26.2 Å². The Labute approximate surface area is 164 Å². The van der Waals surface area contributed by atoms with E-state index >= 15 is 0 Å². The topological polar surface area (TPSA) is 121 Å². The van der Waals surface area contributed by atoms with E-state index in [9.17, 15) is 14.7 Å². The van der Waals surface area contributed by atoms with Crippen LogP contribution in [0.2, 0.25) is 0 Å². The van der Waals surface area contributed by atoms with Crippen molar-refractivity contribution >= 4 is 31.3 Å². The Kier molecular flexibility index (Phi) is 6.61. The van der Waals surface area contributed by atoms with E-state index in [1.807, 2.05) is 6.92 Å². The summed E-state index contributed by atoms with van der Waals surface area (Å²) < 4.78 is 6.65. The number of aromatic nitrogens is 1. The molecular weight excluding hydrogens is 365 g/mol. The Morgan fingerprint density at radius 1 is 1.37 bits per heavy atom. The van der Waals surface area contributed by atoms with Crippen LogP contribution in [-0.4, -0.2) is 35.9 Å². The first-order valence-corrected chi connectivity index (χ1v) is 8.83. The van der Waals surface area contributed by atoms with E-state index in [0.29, 0.717) is 36.4 Å². The van der Waals surface area contributed by atoms with Crippen LogP contribution in [0.25, 0.3) is 5.69 Å². The lowest BCUT2D eigenvalue weighted by Gasteiger charge is -2.20. The number of aryl methyl sites for hydroxylation is 1. The normalized spacial score (nSPS) is 15.9. The molecule has 1 aromatic carbocycles. The molecule has 2 aromatic rings. The van der Waals surface area contributed by atoms with Gasteiger partial charge in [-0.1, -0.05) is 6.07 Å². The molecule has 1 amide bonds. The summed E-state index contributed by atoms with van der Waals surface area (Å²) in [6.45, 7) is 4.47. The Morgan fingerprint density at radius 3 is 2.59 bits per heavy atom. The van der Waals surface area contributed by atoms with Crippen molar-refractivity contribution in [2.75, 3.05) is 18.9 Å². The van der Waals surface area contributed by atoms with E-state index < -0.39 is 5.91 Å². The minimum absolute atomic E-state index is 0.0306. The number of nitrogens with two attached hydrogens (primary N) is 2. The monoisotopic (exact) mass is 387 g/mol. The number of primary amides is 1. The summed E-state index contributed by atoms with van der Waals surface area (Å²) in [5.74, 6) is -0.809. The standard InChI is InChI=1S/C18H21N3O4.BHS/c1-9-3-4-14(22)10(2)15(9)21-16(19)13(17(20)23)7-12(18(21)24)11-5-6-25-8-11;1-2/h3-4,7,11,22H,5-6,8,19H2,1-2H3,(H2,20,23);2H. The quantitative estimate of drug-likeness (QED) is 0.468. The maximum Gasteiger partial charge on any atom is 0.260 e. The molecule has 5 N–H and O–H groups in total. The number of phenolic OH excluding ortho intramolecular Hbond substituents is 1. The maximum absolute atomic E-state index is 13.2. The number of aromatic hydroxyl groups is 1. The van der Waals surface area contributed by atoms with Gasteiger partial charge in [-0.3, -0.25) is 14.2 Å². The number of pyridine rings is 1. The van der Waals surface area contributed by atoms with Crippen molar-refractivity contribution in [3.63, 3.8) is 0 Å². The van der Waals surface area contributed by atoms with Gasteiger partial charge in [0.05, 0.1) is 17.9 Å². The zero-order chi connectivity index (χ0) is 20.3. The summed E-state index contributed by atoms with van der Waals surface area (Å²) in [5.41, 5.74) is 13.5. The third-order valence-corrected chi connectivity index (χ3v) is 4.73. The molecule has 27 heavy (non-hydrogen) atoms. The van der Waals surface area contributed by atoms with Gasteiger partial charge < -0.3 is 21.3 Å². The number of carbonyl (C=O) groups excluding carboxylic acids is 1. The zero-order valence-corrected chi connectivity index (χ0v) is 16.1. The molecule has 1 unspecified atom stereocenters. The minimum atomic E-state index is -0.707. The highest BCUT2D eigenvalue weighted by Crippen LogP contribution is 2.30. The molecular formula is C18H22BN3O4S. The largest absolute Gasteiger partial charge is 0.508 e. The predicted octanol–water partition coefficient (Wildman–Crippen LogP) is 1.34. The highest BCUT2D eigenvalue weighted by molar-refractivity contribution is 8.03. The molecule has 0 spiro atoms. The van der Waals surface area contributed by atoms with Crippen molar-refractivity contribution < 1.29 is 14.6 Å². The van der Waals surface area contributed by atoms with Crippen molar-refractivity contribution in [3.8, 4) is 11.4 Å². The molecule has 1 aliphatic heterocycles. The molecule has 0 saturated carbocycles. The summed E-state index contributed by atoms with van der Waals surface area (Å²) in [6, 6.07) is 4.72. The van der Waals surface area contributed by atoms with Crippen LogP contribution in [0.5, 0.6) is 5.75 Å². The number of anilines is 1. The van der Waals surface area contributed by atoms with Crippen LogP contribution in [0.4, 0.5) is 5.82 Å². The fourth-order valence-corrected chi connectivity index (χ4v) is 3.31. The highest BCUT2D eigenvalue weighted by Gasteiger charge is 2.26. The first kappa shape index (κ1) is 20.9. The van der Waals surface area contributed by atoms with Gasteiger partial charge in [-0.05, 0) is 38.0 Å². The zero-order valence-electron chi connectivity index (χ0n) is 15.2. The van der Waals surface area contributed by atoms with Crippen molar-refractivity contribution in [1.82, 2.24) is 4.57 Å². The molecule has 1 saturated heterocycles. The van der Waals surface area contributed by atoms with Crippen molar-refractivity contribution in [1.29, 1.82) is 0 Å². The summed E-state index contributed by atoms with van der Waals surface area (Å²) >= 11 is 3.03. The number of benzene rings is 1. The fourth-order valence-electron chi connectivity index (χ4n) is 3.31. The molecule has 2 heterocycles. The molecule has 1 aromatic heterocycles. The molecule has 1 fully saturated rings. The van der Waals surface area contributed by atoms with Gasteiger partial charge >= 0.3 is 0 Å². The van der Waals surface area contributed by atoms with E-state index in [1.54, 1.807) is 19.1 Å². The van der Waals surface area contributed by atoms with Crippen LogP contribution in [0, 0.1) is 13.8 Å². The molecule has 7 nitrogen and oxygen atoms in total. The second kappa shape index (κ2) is 8.54. The van der Waals surface area contributed by atoms with Gasteiger partial charge in [-0.25, -0.2) is 12.5 Å². The van der Waals surface area contributed by atoms with Crippen LogP contribution in [0.1, 0.15) is 39.4 Å². The Bertz CT molecular complexity index is 924. The molecule has 142 valence electrons. The van der Waals surface area contributed by atoms with Crippen LogP contribution >= 0.6 is 12.5 Å². The van der Waals surface area contributed by atoms with Gasteiger partial charge in [0.25, 0.3) is 11.5 Å². The van der Waals surface area contributed by atoms with Gasteiger partial charge in [-0.2, -0.15) is 0 Å². The molecule has 1 aliphatic rings. The lowest BCUT2D eigenvalue weighted by Crippen LogP contribution is -2.31. The van der Waals surface area contributed by atoms with Crippen molar-refractivity contribution in [2.24, 2.45) is 5.73 Å². The summed E-state index contributed by atoms with van der Waals surface area (Å²) in [7, 11) is 4.19. The first-order valence-electron chi connectivity index (χ1n) is 8.31. The summed E-state index contributed by atoms with van der Waals surface area (Å²) in [6.07, 6.45) is 0.690. The Hall–Kier alpha value is -2.39. The highest BCUT2D eigenvalue weighted by atomic mass is 32.1. The Balaban J connectivity index is 0.00000126. The van der Waals surface area contributed by atoms with E-state index in [-0.39, 0.29) is 28.6 Å². The fraction of sp³-hybridized carbons (Fsp3) is 0.333. The number of hydrogen-bond acceptors (Lipinski definition) is 6. The van der Waals surface area contributed by atoms with Crippen LogP contribution < -0.4 is 17.0 Å². The van der Waals surface area contributed by atoms with Crippen molar-refractivity contribution in [3.05, 3.63) is 50.8 Å². The average molecular weight is 387 g/mol. The smallest absolute Gasteiger partial charge is 0.260 e. The molecule has 0 bridgehead atoms. The van der Waals surface area contributed by atoms with E-state index in [0.717, 1.165) is 5.56 Å². The number of hydrogen-bond donors (Lipinski definition) is 4. The summed E-state index contributed by atoms with van der Waals surface area (Å²) in [5, 5.41) is 10.1. The average Bonchev–Trinajstić information content (AvgIpc) is 3.17. The third kappa shape index (κ3) is 3.84. The number of ether oxygens (including phenoxy) is 1. The van der Waals surface area contributed by atoms with Gasteiger partial charge in [0.15, 0.2) is 7.12 Å². The van der Waals surface area contributed by atoms with E-state index in [1.165, 1.54) is 10.6 Å². The van der Waals surface area contributed by atoms with Gasteiger partial charge in [0.1, 0.15) is 11.6 Å². The first-order chi connectivity index (χ1) is 12.8. The van der Waals surface area contributed by atoms with E-state index in [4.69, 9.17) is 16.2 Å². The molecule has 0 aliphatic carbocycles. The van der Waals surface area contributed by atoms with E-state index in [2.05, 4.69) is 19.6 Å². The Morgan fingerprint density at radius 2 is 2.04 bits per heavy atom. The second-order valence-electron chi connectivity index (χ2n) is 6.34. The lowest BCUT2D eigenvalue weighted by atomic mass is 9.97. The SMILES string of the molecule is Cc1ccc(O)c(C)c1-n1c(N)c(C(N)=O)cc(C2CCOC2)c1=O.[B]S. The molecule has 1 atom stereocenters. The third-order valence-electron chi connectivity index (χ3n) is 4.73. The number of rotatable bonds is 3. The minimum Gasteiger partial charge on any atom is -0.508 e. The lowest BCUT2D eigenvalue weighted by molar-refractivity contribution is 0.100. The molecule has 9 heteroatoms. The number of nitrogen functional groups attached to an aromatic ring is 1. The molecule has 3 rings (SSSR count). The second-order valence-corrected chi connectivity index (χ2v) is 6.34.